The van der Waals surface area contributed by atoms with Crippen LogP contribution in [-0.2, 0) is 19.6 Å². The Hall–Kier alpha value is -2.45. The fraction of sp³-hybridized carbons (Fsp3) is 0.294. The lowest BCUT2D eigenvalue weighted by molar-refractivity contribution is -0.141. The van der Waals surface area contributed by atoms with E-state index in [1.165, 1.54) is 33.0 Å². The molecule has 0 bridgehead atoms. The number of rotatable bonds is 6. The summed E-state index contributed by atoms with van der Waals surface area (Å²) in [5, 5.41) is 12.7. The van der Waals surface area contributed by atoms with Crippen molar-refractivity contribution >= 4 is 38.4 Å². The number of nitrogens with zero attached hydrogens (tertiary/aromatic N) is 1. The highest BCUT2D eigenvalue weighted by Crippen LogP contribution is 2.31. The molecule has 8 heteroatoms. The first kappa shape index (κ1) is 18.9. The molecular weight excluding hydrogens is 344 g/mol. The molecule has 0 saturated heterocycles. The standard InChI is InChI=1S/C17H20N2O5S/c1-11(17(21)22)10-19(3)25(23,24)16-9-8-15(18-12(2)20)13-6-4-5-7-14(13)16/h4-9,11H,10H2,1-3H3,(H,18,20)(H,21,22). The number of sulfonamides is 1. The summed E-state index contributed by atoms with van der Waals surface area (Å²) in [5.41, 5.74) is 0.517. The Bertz CT molecular complexity index is 924. The van der Waals surface area contributed by atoms with Crippen LogP contribution < -0.4 is 5.32 Å². The number of carbonyl (C=O) groups is 2. The molecule has 7 nitrogen and oxygen atoms in total. The highest BCUT2D eigenvalue weighted by molar-refractivity contribution is 7.89. The van der Waals surface area contributed by atoms with E-state index in [4.69, 9.17) is 5.11 Å². The number of aliphatic carboxylic acids is 1. The molecule has 25 heavy (non-hydrogen) atoms. The maximum absolute atomic E-state index is 12.9. The third-order valence-electron chi connectivity index (χ3n) is 3.84. The largest absolute Gasteiger partial charge is 0.481 e. The van der Waals surface area contributed by atoms with Gasteiger partial charge in [-0.3, -0.25) is 9.59 Å². The number of fused-ring (bicyclic) bond motifs is 1. The first-order valence-corrected chi connectivity index (χ1v) is 9.07. The summed E-state index contributed by atoms with van der Waals surface area (Å²) in [6, 6.07) is 9.79. The molecule has 1 unspecified atom stereocenters. The number of carboxylic acids is 1. The van der Waals surface area contributed by atoms with Gasteiger partial charge in [0.2, 0.25) is 15.9 Å². The lowest BCUT2D eigenvalue weighted by Gasteiger charge is -2.21. The second-order valence-corrected chi connectivity index (χ2v) is 7.88. The minimum atomic E-state index is -3.88. The van der Waals surface area contributed by atoms with Gasteiger partial charge in [0.15, 0.2) is 0 Å². The molecule has 0 aliphatic carbocycles. The van der Waals surface area contributed by atoms with Gasteiger partial charge in [0.1, 0.15) is 0 Å². The van der Waals surface area contributed by atoms with Crippen LogP contribution in [0.1, 0.15) is 13.8 Å². The number of anilines is 1. The third kappa shape index (κ3) is 3.97. The van der Waals surface area contributed by atoms with Gasteiger partial charge < -0.3 is 10.4 Å². The van der Waals surface area contributed by atoms with Crippen LogP contribution in [0.25, 0.3) is 10.8 Å². The first-order chi connectivity index (χ1) is 11.6. The van der Waals surface area contributed by atoms with Gasteiger partial charge in [-0.1, -0.05) is 31.2 Å². The Kier molecular flexibility index (Phi) is 5.44. The van der Waals surface area contributed by atoms with Crippen molar-refractivity contribution in [3.8, 4) is 0 Å². The van der Waals surface area contributed by atoms with E-state index in [1.807, 2.05) is 0 Å². The Labute approximate surface area is 146 Å². The summed E-state index contributed by atoms with van der Waals surface area (Å²) in [4.78, 5) is 22.4. The molecule has 0 heterocycles. The molecule has 0 aliphatic rings. The van der Waals surface area contributed by atoms with Crippen molar-refractivity contribution in [1.29, 1.82) is 0 Å². The summed E-state index contributed by atoms with van der Waals surface area (Å²) >= 11 is 0. The molecule has 1 amide bonds. The van der Waals surface area contributed by atoms with Gasteiger partial charge in [0, 0.05) is 37.0 Å². The Balaban J connectivity index is 2.53. The normalized spacial score (nSPS) is 13.0. The van der Waals surface area contributed by atoms with Crippen LogP contribution in [0, 0.1) is 5.92 Å². The van der Waals surface area contributed by atoms with Gasteiger partial charge in [-0.05, 0) is 12.1 Å². The van der Waals surface area contributed by atoms with E-state index >= 15 is 0 Å². The van der Waals surface area contributed by atoms with Gasteiger partial charge in [-0.25, -0.2) is 12.7 Å². The van der Waals surface area contributed by atoms with E-state index in [0.717, 1.165) is 4.31 Å². The summed E-state index contributed by atoms with van der Waals surface area (Å²) in [7, 11) is -2.53. The topological polar surface area (TPSA) is 104 Å². The molecular formula is C17H20N2O5S. The van der Waals surface area contributed by atoms with Gasteiger partial charge >= 0.3 is 5.97 Å². The average molecular weight is 364 g/mol. The fourth-order valence-corrected chi connectivity index (χ4v) is 3.98. The maximum atomic E-state index is 12.9. The fourth-order valence-electron chi connectivity index (χ4n) is 2.52. The number of carbonyl (C=O) groups excluding carboxylic acids is 1. The Morgan fingerprint density at radius 1 is 1.16 bits per heavy atom. The van der Waals surface area contributed by atoms with Crippen molar-refractivity contribution in [2.24, 2.45) is 5.92 Å². The molecule has 0 fully saturated rings. The van der Waals surface area contributed by atoms with Gasteiger partial charge in [-0.15, -0.1) is 0 Å². The zero-order chi connectivity index (χ0) is 18.8. The van der Waals surface area contributed by atoms with E-state index in [9.17, 15) is 18.0 Å². The summed E-state index contributed by atoms with van der Waals surface area (Å²) in [6.07, 6.45) is 0. The molecule has 0 aromatic heterocycles. The van der Waals surface area contributed by atoms with Crippen molar-refractivity contribution in [2.45, 2.75) is 18.7 Å². The van der Waals surface area contributed by atoms with Crippen molar-refractivity contribution in [2.75, 3.05) is 18.9 Å². The molecule has 2 aromatic rings. The summed E-state index contributed by atoms with van der Waals surface area (Å²) in [6.45, 7) is 2.69. The predicted octanol–water partition coefficient (Wildman–Crippen LogP) is 2.14. The van der Waals surface area contributed by atoms with Crippen molar-refractivity contribution in [3.05, 3.63) is 36.4 Å². The SMILES string of the molecule is CC(=O)Nc1ccc(S(=O)(=O)N(C)CC(C)C(=O)O)c2ccccc12. The predicted molar refractivity (Wildman–Crippen MR) is 94.9 cm³/mol. The number of hydrogen-bond donors (Lipinski definition) is 2. The zero-order valence-corrected chi connectivity index (χ0v) is 15.0. The molecule has 2 rings (SSSR count). The van der Waals surface area contributed by atoms with Gasteiger partial charge in [0.05, 0.1) is 10.8 Å². The number of carboxylic acid groups (broad SMARTS) is 1. The second-order valence-electron chi connectivity index (χ2n) is 5.86. The van der Waals surface area contributed by atoms with Crippen molar-refractivity contribution in [1.82, 2.24) is 4.31 Å². The second kappa shape index (κ2) is 7.20. The van der Waals surface area contributed by atoms with E-state index in [0.29, 0.717) is 16.5 Å². The van der Waals surface area contributed by atoms with Crippen LogP contribution in [0.2, 0.25) is 0 Å². The van der Waals surface area contributed by atoms with E-state index in [-0.39, 0.29) is 17.3 Å². The molecule has 0 aliphatic heterocycles. The Morgan fingerprint density at radius 2 is 1.76 bits per heavy atom. The smallest absolute Gasteiger partial charge is 0.307 e. The van der Waals surface area contributed by atoms with Crippen molar-refractivity contribution in [3.63, 3.8) is 0 Å². The molecule has 134 valence electrons. The van der Waals surface area contributed by atoms with Crippen molar-refractivity contribution < 1.29 is 23.1 Å². The molecule has 0 spiro atoms. The summed E-state index contributed by atoms with van der Waals surface area (Å²) < 4.78 is 26.8. The van der Waals surface area contributed by atoms with Crippen LogP contribution in [-0.4, -0.2) is 43.3 Å². The number of nitrogens with one attached hydrogen (secondary N) is 1. The third-order valence-corrected chi connectivity index (χ3v) is 5.72. The van der Waals surface area contributed by atoms with Crippen LogP contribution in [0.3, 0.4) is 0 Å². The molecule has 0 saturated carbocycles. The minimum absolute atomic E-state index is 0.0669. The molecule has 2 aromatic carbocycles. The van der Waals surface area contributed by atoms with Gasteiger partial charge in [0.25, 0.3) is 0 Å². The van der Waals surface area contributed by atoms with Gasteiger partial charge in [-0.2, -0.15) is 0 Å². The van der Waals surface area contributed by atoms with E-state index in [1.54, 1.807) is 24.3 Å². The minimum Gasteiger partial charge on any atom is -0.481 e. The highest BCUT2D eigenvalue weighted by Gasteiger charge is 2.26. The highest BCUT2D eigenvalue weighted by atomic mass is 32.2. The lowest BCUT2D eigenvalue weighted by Crippen LogP contribution is -2.33. The number of hydrogen-bond acceptors (Lipinski definition) is 4. The average Bonchev–Trinajstić information content (AvgIpc) is 2.54. The number of benzene rings is 2. The van der Waals surface area contributed by atoms with Crippen LogP contribution in [0.5, 0.6) is 0 Å². The molecule has 1 atom stereocenters. The maximum Gasteiger partial charge on any atom is 0.307 e. The first-order valence-electron chi connectivity index (χ1n) is 7.63. The summed E-state index contributed by atoms with van der Waals surface area (Å²) in [5.74, 6) is -2.15. The lowest BCUT2D eigenvalue weighted by atomic mass is 10.1. The molecule has 0 radical (unpaired) electrons. The quantitative estimate of drug-likeness (QED) is 0.817. The number of amides is 1. The zero-order valence-electron chi connectivity index (χ0n) is 14.2. The van der Waals surface area contributed by atoms with E-state index < -0.39 is 21.9 Å². The Morgan fingerprint density at radius 3 is 2.32 bits per heavy atom. The monoisotopic (exact) mass is 364 g/mol. The van der Waals surface area contributed by atoms with Crippen LogP contribution in [0.15, 0.2) is 41.3 Å². The van der Waals surface area contributed by atoms with E-state index in [2.05, 4.69) is 5.32 Å². The molecule has 2 N–H and O–H groups in total. The van der Waals surface area contributed by atoms with Crippen LogP contribution in [0.4, 0.5) is 5.69 Å². The van der Waals surface area contributed by atoms with Crippen LogP contribution >= 0.6 is 0 Å².